The molecule has 2 atom stereocenters. The van der Waals surface area contributed by atoms with Crippen molar-refractivity contribution in [3.05, 3.63) is 16.6 Å². The molecular weight excluding hydrogens is 250 g/mol. The van der Waals surface area contributed by atoms with Crippen LogP contribution in [-0.2, 0) is 0 Å². The summed E-state index contributed by atoms with van der Waals surface area (Å²) >= 11 is 1.58. The van der Waals surface area contributed by atoms with E-state index in [1.807, 2.05) is 12.3 Å². The van der Waals surface area contributed by atoms with Gasteiger partial charge in [-0.2, -0.15) is 0 Å². The van der Waals surface area contributed by atoms with Crippen molar-refractivity contribution in [2.75, 3.05) is 6.61 Å². The van der Waals surface area contributed by atoms with Gasteiger partial charge in [0, 0.05) is 24.2 Å². The molecule has 0 saturated heterocycles. The molecule has 5 nitrogen and oxygen atoms in total. The zero-order chi connectivity index (χ0) is 13.0. The minimum Gasteiger partial charge on any atom is -0.396 e. The Morgan fingerprint density at radius 2 is 2.39 bits per heavy atom. The second kappa shape index (κ2) is 6.15. The summed E-state index contributed by atoms with van der Waals surface area (Å²) in [5.41, 5.74) is 0. The summed E-state index contributed by atoms with van der Waals surface area (Å²) in [7, 11) is 0. The molecule has 0 radical (unpaired) electrons. The van der Waals surface area contributed by atoms with Crippen molar-refractivity contribution >= 4 is 17.4 Å². The summed E-state index contributed by atoms with van der Waals surface area (Å²) in [6, 6.07) is -0.166. The van der Waals surface area contributed by atoms with E-state index in [1.54, 1.807) is 17.5 Å². The summed E-state index contributed by atoms with van der Waals surface area (Å²) in [4.78, 5) is 16.1. The van der Waals surface area contributed by atoms with Crippen LogP contribution in [0.5, 0.6) is 0 Å². The van der Waals surface area contributed by atoms with E-state index >= 15 is 0 Å². The molecule has 18 heavy (non-hydrogen) atoms. The third-order valence-electron chi connectivity index (χ3n) is 3.04. The largest absolute Gasteiger partial charge is 0.396 e. The average Bonchev–Trinajstić information content (AvgIpc) is 3.01. The van der Waals surface area contributed by atoms with Crippen LogP contribution < -0.4 is 10.6 Å². The highest BCUT2D eigenvalue weighted by molar-refractivity contribution is 7.09. The van der Waals surface area contributed by atoms with Gasteiger partial charge in [-0.05, 0) is 32.1 Å². The molecule has 0 bridgehead atoms. The number of nitrogens with zero attached hydrogens (tertiary/aromatic N) is 1. The molecule has 2 rings (SSSR count). The van der Waals surface area contributed by atoms with E-state index in [1.165, 1.54) is 0 Å². The quantitative estimate of drug-likeness (QED) is 0.735. The lowest BCUT2D eigenvalue weighted by atomic mass is 10.2. The number of carbonyl (C=O) groups is 1. The van der Waals surface area contributed by atoms with Crippen molar-refractivity contribution in [3.8, 4) is 0 Å². The lowest BCUT2D eigenvalue weighted by Gasteiger charge is -2.19. The lowest BCUT2D eigenvalue weighted by Crippen LogP contribution is -2.43. The van der Waals surface area contributed by atoms with Gasteiger partial charge in [0.2, 0.25) is 0 Å². The molecule has 1 saturated carbocycles. The number of carbonyl (C=O) groups excluding carboxylic acids is 1. The van der Waals surface area contributed by atoms with E-state index < -0.39 is 0 Å². The van der Waals surface area contributed by atoms with Crippen molar-refractivity contribution in [2.24, 2.45) is 5.92 Å². The van der Waals surface area contributed by atoms with Crippen LogP contribution in [0.2, 0.25) is 0 Å². The summed E-state index contributed by atoms with van der Waals surface area (Å²) in [6.45, 7) is 1.96. The number of aliphatic hydroxyl groups is 1. The molecule has 0 aliphatic heterocycles. The molecule has 1 aromatic heterocycles. The van der Waals surface area contributed by atoms with Crippen LogP contribution in [-0.4, -0.2) is 28.8 Å². The monoisotopic (exact) mass is 269 g/mol. The van der Waals surface area contributed by atoms with Crippen molar-refractivity contribution in [1.82, 2.24) is 15.6 Å². The first-order chi connectivity index (χ1) is 8.70. The molecule has 2 amide bonds. The van der Waals surface area contributed by atoms with Gasteiger partial charge in [0.25, 0.3) is 0 Å². The molecule has 1 aromatic rings. The van der Waals surface area contributed by atoms with Gasteiger partial charge >= 0.3 is 6.03 Å². The second-order valence-electron chi connectivity index (χ2n) is 4.72. The zero-order valence-electron chi connectivity index (χ0n) is 10.4. The smallest absolute Gasteiger partial charge is 0.315 e. The number of hydrogen-bond acceptors (Lipinski definition) is 4. The number of rotatable bonds is 6. The summed E-state index contributed by atoms with van der Waals surface area (Å²) < 4.78 is 0. The van der Waals surface area contributed by atoms with Crippen LogP contribution >= 0.6 is 11.3 Å². The second-order valence-corrected chi connectivity index (χ2v) is 5.64. The summed E-state index contributed by atoms with van der Waals surface area (Å²) in [6.07, 6.45) is 4.63. The molecule has 0 spiro atoms. The van der Waals surface area contributed by atoms with Crippen LogP contribution in [0.4, 0.5) is 4.79 Å². The Bertz CT molecular complexity index is 379. The van der Waals surface area contributed by atoms with Crippen molar-refractivity contribution < 1.29 is 9.90 Å². The van der Waals surface area contributed by atoms with Crippen LogP contribution in [0.1, 0.15) is 37.2 Å². The van der Waals surface area contributed by atoms with Gasteiger partial charge in [-0.15, -0.1) is 11.3 Å². The normalized spacial score (nSPS) is 18.1. The Labute approximate surface area is 111 Å². The molecule has 1 unspecified atom stereocenters. The highest BCUT2D eigenvalue weighted by Gasteiger charge is 2.35. The summed E-state index contributed by atoms with van der Waals surface area (Å²) in [5.74, 6) is 0.523. The number of hydrogen-bond donors (Lipinski definition) is 3. The molecule has 0 aromatic carbocycles. The van der Waals surface area contributed by atoms with Gasteiger partial charge in [-0.25, -0.2) is 9.78 Å². The third-order valence-corrected chi connectivity index (χ3v) is 3.90. The maximum atomic E-state index is 11.8. The van der Waals surface area contributed by atoms with Gasteiger partial charge in [0.1, 0.15) is 5.01 Å². The Morgan fingerprint density at radius 1 is 1.61 bits per heavy atom. The minimum atomic E-state index is -0.178. The predicted molar refractivity (Wildman–Crippen MR) is 70.4 cm³/mol. The molecule has 1 aliphatic rings. The maximum absolute atomic E-state index is 11.8. The number of aliphatic hydroxyl groups excluding tert-OH is 1. The molecule has 1 aliphatic carbocycles. The highest BCUT2D eigenvalue weighted by atomic mass is 32.1. The predicted octanol–water partition coefficient (Wildman–Crippen LogP) is 1.66. The standard InChI is InChI=1S/C12H19N3O2S/c1-8(4-6-16)14-12(17)15-10(9-2-3-9)11-13-5-7-18-11/h5,7-10,16H,2-4,6H2,1H3,(H2,14,15,17)/t8-,10?/m1/s1. The number of aromatic nitrogens is 1. The fourth-order valence-corrected chi connectivity index (χ4v) is 2.65. The minimum absolute atomic E-state index is 0.0221. The van der Waals surface area contributed by atoms with Gasteiger partial charge in [-0.3, -0.25) is 0 Å². The molecule has 1 fully saturated rings. The molecule has 6 heteroatoms. The van der Waals surface area contributed by atoms with E-state index in [4.69, 9.17) is 5.11 Å². The first-order valence-electron chi connectivity index (χ1n) is 6.28. The highest BCUT2D eigenvalue weighted by Crippen LogP contribution is 2.41. The SMILES string of the molecule is C[C@H](CCO)NC(=O)NC(c1nccs1)C1CC1. The summed E-state index contributed by atoms with van der Waals surface area (Å²) in [5, 5.41) is 17.5. The number of urea groups is 1. The molecule has 100 valence electrons. The molecule has 1 heterocycles. The van der Waals surface area contributed by atoms with E-state index in [-0.39, 0.29) is 24.7 Å². The number of nitrogens with one attached hydrogen (secondary N) is 2. The van der Waals surface area contributed by atoms with E-state index in [0.717, 1.165) is 17.8 Å². The van der Waals surface area contributed by atoms with Crippen LogP contribution in [0.25, 0.3) is 0 Å². The van der Waals surface area contributed by atoms with Crippen molar-refractivity contribution in [3.63, 3.8) is 0 Å². The lowest BCUT2D eigenvalue weighted by molar-refractivity contribution is 0.226. The Morgan fingerprint density at radius 3 is 2.94 bits per heavy atom. The van der Waals surface area contributed by atoms with E-state index in [2.05, 4.69) is 15.6 Å². The Balaban J connectivity index is 1.87. The average molecular weight is 269 g/mol. The van der Waals surface area contributed by atoms with Crippen molar-refractivity contribution in [1.29, 1.82) is 0 Å². The zero-order valence-corrected chi connectivity index (χ0v) is 11.2. The van der Waals surface area contributed by atoms with Gasteiger partial charge < -0.3 is 15.7 Å². The topological polar surface area (TPSA) is 74.2 Å². The van der Waals surface area contributed by atoms with Crippen LogP contribution in [0.3, 0.4) is 0 Å². The Hall–Kier alpha value is -1.14. The number of thiazole rings is 1. The van der Waals surface area contributed by atoms with E-state index in [0.29, 0.717) is 12.3 Å². The number of amides is 2. The van der Waals surface area contributed by atoms with Gasteiger partial charge in [-0.1, -0.05) is 0 Å². The molecule has 3 N–H and O–H groups in total. The Kier molecular flexibility index (Phi) is 4.54. The van der Waals surface area contributed by atoms with Crippen molar-refractivity contribution in [2.45, 2.75) is 38.3 Å². The first kappa shape index (κ1) is 13.3. The fraction of sp³-hybridized carbons (Fsp3) is 0.667. The van der Waals surface area contributed by atoms with Gasteiger partial charge in [0.05, 0.1) is 6.04 Å². The van der Waals surface area contributed by atoms with Crippen LogP contribution in [0, 0.1) is 5.92 Å². The van der Waals surface area contributed by atoms with E-state index in [9.17, 15) is 4.79 Å². The van der Waals surface area contributed by atoms with Gasteiger partial charge in [0.15, 0.2) is 0 Å². The fourth-order valence-electron chi connectivity index (χ4n) is 1.87. The maximum Gasteiger partial charge on any atom is 0.315 e. The molecular formula is C12H19N3O2S. The van der Waals surface area contributed by atoms with Crippen LogP contribution in [0.15, 0.2) is 11.6 Å². The first-order valence-corrected chi connectivity index (χ1v) is 7.16. The third kappa shape index (κ3) is 3.68.